The number of nitrogens with one attached hydrogen (secondary N) is 2. The predicted molar refractivity (Wildman–Crippen MR) is 70.4 cm³/mol. The molecule has 0 spiro atoms. The van der Waals surface area contributed by atoms with Crippen molar-refractivity contribution in [3.05, 3.63) is 27.9 Å². The molecule has 1 aromatic rings. The number of H-pyrrole nitrogens is 1. The third-order valence-electron chi connectivity index (χ3n) is 4.03. The van der Waals surface area contributed by atoms with Crippen molar-refractivity contribution in [2.24, 2.45) is 11.8 Å². The summed E-state index contributed by atoms with van der Waals surface area (Å²) < 4.78 is 0. The van der Waals surface area contributed by atoms with Crippen LogP contribution in [0.25, 0.3) is 0 Å². The molecule has 0 unspecified atom stereocenters. The van der Waals surface area contributed by atoms with Crippen LogP contribution in [0.2, 0.25) is 0 Å². The van der Waals surface area contributed by atoms with E-state index in [0.29, 0.717) is 12.5 Å². The van der Waals surface area contributed by atoms with Crippen molar-refractivity contribution in [2.75, 3.05) is 6.54 Å². The topological polar surface area (TPSA) is 57.8 Å². The fraction of sp³-hybridized carbons (Fsp3) is 0.714. The van der Waals surface area contributed by atoms with Crippen molar-refractivity contribution in [3.63, 3.8) is 0 Å². The summed E-state index contributed by atoms with van der Waals surface area (Å²) in [6.45, 7) is 3.51. The normalized spacial score (nSPS) is 19.4. The Bertz CT molecular complexity index is 462. The molecule has 0 aliphatic heterocycles. The Labute approximate surface area is 107 Å². The van der Waals surface area contributed by atoms with Gasteiger partial charge in [0, 0.05) is 24.2 Å². The Kier molecular flexibility index (Phi) is 3.20. The van der Waals surface area contributed by atoms with Crippen LogP contribution in [0.4, 0.5) is 0 Å². The van der Waals surface area contributed by atoms with Gasteiger partial charge in [0.1, 0.15) is 5.82 Å². The van der Waals surface area contributed by atoms with Crippen LogP contribution < -0.4 is 10.9 Å². The van der Waals surface area contributed by atoms with Gasteiger partial charge < -0.3 is 10.3 Å². The molecule has 0 bridgehead atoms. The Hall–Kier alpha value is -1.16. The van der Waals surface area contributed by atoms with Crippen LogP contribution >= 0.6 is 0 Å². The first kappa shape index (κ1) is 11.9. The highest BCUT2D eigenvalue weighted by molar-refractivity contribution is 5.13. The molecule has 98 valence electrons. The zero-order chi connectivity index (χ0) is 12.5. The fourth-order valence-corrected chi connectivity index (χ4v) is 2.73. The Balaban J connectivity index is 1.79. The van der Waals surface area contributed by atoms with Crippen molar-refractivity contribution in [1.29, 1.82) is 0 Å². The molecule has 0 atom stereocenters. The molecule has 2 fully saturated rings. The van der Waals surface area contributed by atoms with Gasteiger partial charge in [-0.1, -0.05) is 6.92 Å². The van der Waals surface area contributed by atoms with E-state index in [9.17, 15) is 4.79 Å². The van der Waals surface area contributed by atoms with E-state index < -0.39 is 0 Å². The zero-order valence-electron chi connectivity index (χ0n) is 10.9. The van der Waals surface area contributed by atoms with Gasteiger partial charge in [-0.25, -0.2) is 4.98 Å². The largest absolute Gasteiger partial charge is 0.313 e. The second kappa shape index (κ2) is 4.84. The summed E-state index contributed by atoms with van der Waals surface area (Å²) in [6, 6.07) is 0. The Morgan fingerprint density at radius 2 is 2.06 bits per heavy atom. The van der Waals surface area contributed by atoms with E-state index in [0.717, 1.165) is 29.8 Å². The molecular weight excluding hydrogens is 226 g/mol. The smallest absolute Gasteiger partial charge is 0.255 e. The average molecular weight is 247 g/mol. The second-order valence-corrected chi connectivity index (χ2v) is 5.60. The first-order valence-corrected chi connectivity index (χ1v) is 7.08. The van der Waals surface area contributed by atoms with Crippen molar-refractivity contribution in [1.82, 2.24) is 15.3 Å². The van der Waals surface area contributed by atoms with Gasteiger partial charge in [0.2, 0.25) is 0 Å². The number of nitrogens with zero attached hydrogens (tertiary/aromatic N) is 1. The van der Waals surface area contributed by atoms with E-state index in [-0.39, 0.29) is 5.56 Å². The van der Waals surface area contributed by atoms with E-state index >= 15 is 0 Å². The van der Waals surface area contributed by atoms with Crippen LogP contribution in [0.15, 0.2) is 11.0 Å². The number of hydrogen-bond donors (Lipinski definition) is 2. The van der Waals surface area contributed by atoms with E-state index in [1.165, 1.54) is 25.7 Å². The van der Waals surface area contributed by atoms with Crippen LogP contribution in [0.3, 0.4) is 0 Å². The third kappa shape index (κ3) is 2.48. The maximum atomic E-state index is 12.0. The molecule has 0 saturated heterocycles. The van der Waals surface area contributed by atoms with E-state index in [1.807, 2.05) is 6.92 Å². The summed E-state index contributed by atoms with van der Waals surface area (Å²) in [5, 5.41) is 3.16. The SMILES string of the molecule is CCNCc1cnc(C(C2CC2)C2CC2)[nH]c1=O. The average Bonchev–Trinajstić information content (AvgIpc) is 3.23. The zero-order valence-corrected chi connectivity index (χ0v) is 10.9. The van der Waals surface area contributed by atoms with E-state index in [2.05, 4.69) is 15.3 Å². The lowest BCUT2D eigenvalue weighted by Gasteiger charge is -2.14. The van der Waals surface area contributed by atoms with Crippen LogP contribution in [0.1, 0.15) is 49.9 Å². The lowest BCUT2D eigenvalue weighted by atomic mass is 9.97. The molecule has 2 aliphatic carbocycles. The summed E-state index contributed by atoms with van der Waals surface area (Å²) in [5.41, 5.74) is 0.776. The van der Waals surface area contributed by atoms with Crippen molar-refractivity contribution >= 4 is 0 Å². The lowest BCUT2D eigenvalue weighted by Crippen LogP contribution is -2.24. The number of aromatic nitrogens is 2. The summed E-state index contributed by atoms with van der Waals surface area (Å²) in [7, 11) is 0. The predicted octanol–water partition coefficient (Wildman–Crippen LogP) is 1.78. The van der Waals surface area contributed by atoms with Crippen molar-refractivity contribution in [3.8, 4) is 0 Å². The first-order valence-electron chi connectivity index (χ1n) is 7.08. The highest BCUT2D eigenvalue weighted by Crippen LogP contribution is 2.53. The van der Waals surface area contributed by atoms with Gasteiger partial charge in [-0.15, -0.1) is 0 Å². The Morgan fingerprint density at radius 3 is 2.56 bits per heavy atom. The van der Waals surface area contributed by atoms with E-state index in [4.69, 9.17) is 0 Å². The minimum Gasteiger partial charge on any atom is -0.313 e. The molecule has 3 rings (SSSR count). The van der Waals surface area contributed by atoms with E-state index in [1.54, 1.807) is 6.20 Å². The Morgan fingerprint density at radius 1 is 1.39 bits per heavy atom. The highest BCUT2D eigenvalue weighted by Gasteiger charge is 2.43. The molecule has 2 aliphatic rings. The van der Waals surface area contributed by atoms with Gasteiger partial charge >= 0.3 is 0 Å². The van der Waals surface area contributed by atoms with Gasteiger partial charge in [0.25, 0.3) is 5.56 Å². The second-order valence-electron chi connectivity index (χ2n) is 5.60. The summed E-state index contributed by atoms with van der Waals surface area (Å²) >= 11 is 0. The highest BCUT2D eigenvalue weighted by atomic mass is 16.1. The molecule has 4 heteroatoms. The standard InChI is InChI=1S/C14H21N3O/c1-2-15-7-11-8-16-13(17-14(11)18)12(9-3-4-9)10-5-6-10/h8-10,12,15H,2-7H2,1H3,(H,16,17,18). The van der Waals surface area contributed by atoms with Crippen molar-refractivity contribution < 1.29 is 0 Å². The minimum absolute atomic E-state index is 0.0345. The third-order valence-corrected chi connectivity index (χ3v) is 4.03. The molecule has 0 radical (unpaired) electrons. The summed E-state index contributed by atoms with van der Waals surface area (Å²) in [6.07, 6.45) is 7.00. The molecule has 2 saturated carbocycles. The molecule has 0 aromatic carbocycles. The lowest BCUT2D eigenvalue weighted by molar-refractivity contribution is 0.505. The molecule has 4 nitrogen and oxygen atoms in total. The minimum atomic E-state index is 0.0345. The van der Waals surface area contributed by atoms with Crippen LogP contribution in [0.5, 0.6) is 0 Å². The van der Waals surface area contributed by atoms with Crippen LogP contribution in [-0.2, 0) is 6.54 Å². The first-order chi connectivity index (χ1) is 8.79. The maximum absolute atomic E-state index is 12.0. The molecule has 18 heavy (non-hydrogen) atoms. The summed E-state index contributed by atoms with van der Waals surface area (Å²) in [4.78, 5) is 19.5. The number of hydrogen-bond acceptors (Lipinski definition) is 3. The van der Waals surface area contributed by atoms with Gasteiger partial charge in [-0.2, -0.15) is 0 Å². The quantitative estimate of drug-likeness (QED) is 0.805. The maximum Gasteiger partial charge on any atom is 0.255 e. The van der Waals surface area contributed by atoms with Gasteiger partial charge in [0.05, 0.1) is 0 Å². The molecule has 0 amide bonds. The fourth-order valence-electron chi connectivity index (χ4n) is 2.73. The van der Waals surface area contributed by atoms with Gasteiger partial charge in [-0.05, 0) is 44.1 Å². The number of rotatable bonds is 6. The molecule has 1 aromatic heterocycles. The molecular formula is C14H21N3O. The summed E-state index contributed by atoms with van der Waals surface area (Å²) in [5.74, 6) is 3.01. The monoisotopic (exact) mass is 247 g/mol. The number of aromatic amines is 1. The van der Waals surface area contributed by atoms with Gasteiger partial charge in [0.15, 0.2) is 0 Å². The van der Waals surface area contributed by atoms with Gasteiger partial charge in [-0.3, -0.25) is 4.79 Å². The van der Waals surface area contributed by atoms with Crippen LogP contribution in [0, 0.1) is 11.8 Å². The van der Waals surface area contributed by atoms with Crippen molar-refractivity contribution in [2.45, 2.75) is 45.1 Å². The molecule has 1 heterocycles. The molecule has 2 N–H and O–H groups in total. The van der Waals surface area contributed by atoms with Crippen LogP contribution in [-0.4, -0.2) is 16.5 Å².